The van der Waals surface area contributed by atoms with E-state index < -0.39 is 12.2 Å². The number of hydrogen-bond donors (Lipinski definition) is 2. The minimum atomic E-state index is -0.828. The quantitative estimate of drug-likeness (QED) is 0.695. The second-order valence-electron chi connectivity index (χ2n) is 4.08. The van der Waals surface area contributed by atoms with Crippen LogP contribution in [-0.4, -0.2) is 65.2 Å². The van der Waals surface area contributed by atoms with Gasteiger partial charge in [0.25, 0.3) is 5.95 Å². The molecule has 2 N–H and O–H groups in total. The number of aromatic nitrogens is 6. The van der Waals surface area contributed by atoms with Gasteiger partial charge in [-0.3, -0.25) is 0 Å². The first-order valence-electron chi connectivity index (χ1n) is 5.51. The Balaban J connectivity index is 1.95. The minimum absolute atomic E-state index is 0.00591. The van der Waals surface area contributed by atoms with E-state index in [1.54, 1.807) is 4.90 Å². The second kappa shape index (κ2) is 4.68. The number of aliphatic hydroxyl groups is 2. The van der Waals surface area contributed by atoms with Crippen molar-refractivity contribution in [2.45, 2.75) is 12.2 Å². The van der Waals surface area contributed by atoms with Crippen molar-refractivity contribution in [1.82, 2.24) is 29.7 Å². The zero-order valence-corrected chi connectivity index (χ0v) is 10.4. The maximum absolute atomic E-state index is 9.53. The van der Waals surface area contributed by atoms with Gasteiger partial charge in [0.1, 0.15) is 12.7 Å². The molecule has 1 saturated heterocycles. The summed E-state index contributed by atoms with van der Waals surface area (Å²) in [5, 5.41) is 23.0. The maximum atomic E-state index is 9.53. The average molecular weight is 284 g/mol. The molecule has 0 aromatic carbocycles. The standard InChI is InChI=1S/C9H10ClN7O2/c10-7-13-8(16-1-5(18)6(19)2-16)15-9(14-7)17-4-11-3-12-17/h3-6,18-19H,1-2H2. The Labute approximate surface area is 112 Å². The number of aliphatic hydroxyl groups excluding tert-OH is 2. The topological polar surface area (TPSA) is 113 Å². The number of anilines is 1. The van der Waals surface area contributed by atoms with Gasteiger partial charge in [0, 0.05) is 13.1 Å². The van der Waals surface area contributed by atoms with Crippen molar-refractivity contribution in [2.24, 2.45) is 0 Å². The van der Waals surface area contributed by atoms with Crippen LogP contribution >= 0.6 is 11.6 Å². The number of rotatable bonds is 2. The first-order valence-corrected chi connectivity index (χ1v) is 5.89. The van der Waals surface area contributed by atoms with Gasteiger partial charge in [-0.1, -0.05) is 0 Å². The van der Waals surface area contributed by atoms with E-state index in [-0.39, 0.29) is 30.3 Å². The number of halogens is 1. The number of nitrogens with zero attached hydrogens (tertiary/aromatic N) is 7. The molecule has 1 aliphatic rings. The molecule has 0 aliphatic carbocycles. The molecule has 19 heavy (non-hydrogen) atoms. The Kier molecular flexibility index (Phi) is 3.01. The third-order valence-corrected chi connectivity index (χ3v) is 2.92. The molecule has 2 aromatic heterocycles. The summed E-state index contributed by atoms with van der Waals surface area (Å²) in [5.74, 6) is 0.504. The van der Waals surface area contributed by atoms with Crippen molar-refractivity contribution < 1.29 is 10.2 Å². The van der Waals surface area contributed by atoms with Crippen LogP contribution in [-0.2, 0) is 0 Å². The first-order chi connectivity index (χ1) is 9.13. The highest BCUT2D eigenvalue weighted by atomic mass is 35.5. The molecule has 0 spiro atoms. The largest absolute Gasteiger partial charge is 0.388 e. The fourth-order valence-electron chi connectivity index (χ4n) is 1.82. The molecule has 10 heteroatoms. The van der Waals surface area contributed by atoms with E-state index >= 15 is 0 Å². The van der Waals surface area contributed by atoms with Gasteiger partial charge < -0.3 is 15.1 Å². The Morgan fingerprint density at radius 3 is 2.42 bits per heavy atom. The van der Waals surface area contributed by atoms with Crippen molar-refractivity contribution in [3.8, 4) is 5.95 Å². The molecule has 2 unspecified atom stereocenters. The molecule has 3 rings (SSSR count). The van der Waals surface area contributed by atoms with Gasteiger partial charge in [-0.2, -0.15) is 24.7 Å². The van der Waals surface area contributed by atoms with Crippen LogP contribution in [0.1, 0.15) is 0 Å². The molecule has 100 valence electrons. The van der Waals surface area contributed by atoms with E-state index in [0.717, 1.165) is 0 Å². The van der Waals surface area contributed by atoms with Crippen molar-refractivity contribution >= 4 is 17.5 Å². The third kappa shape index (κ3) is 2.35. The first kappa shape index (κ1) is 12.2. The predicted molar refractivity (Wildman–Crippen MR) is 64.0 cm³/mol. The lowest BCUT2D eigenvalue weighted by atomic mass is 10.3. The van der Waals surface area contributed by atoms with Gasteiger partial charge in [-0.25, -0.2) is 4.98 Å². The zero-order chi connectivity index (χ0) is 13.4. The Morgan fingerprint density at radius 1 is 1.11 bits per heavy atom. The van der Waals surface area contributed by atoms with Crippen LogP contribution < -0.4 is 4.90 Å². The molecule has 0 saturated carbocycles. The van der Waals surface area contributed by atoms with Crippen molar-refractivity contribution in [3.63, 3.8) is 0 Å². The van der Waals surface area contributed by atoms with Crippen molar-refractivity contribution in [1.29, 1.82) is 0 Å². The van der Waals surface area contributed by atoms with Crippen molar-refractivity contribution in [3.05, 3.63) is 17.9 Å². The van der Waals surface area contributed by atoms with Crippen LogP contribution in [0, 0.1) is 0 Å². The average Bonchev–Trinajstić information content (AvgIpc) is 3.00. The lowest BCUT2D eigenvalue weighted by Crippen LogP contribution is -2.24. The third-order valence-electron chi connectivity index (χ3n) is 2.75. The number of hydrogen-bond acceptors (Lipinski definition) is 8. The fraction of sp³-hybridized carbons (Fsp3) is 0.444. The molecule has 1 aliphatic heterocycles. The van der Waals surface area contributed by atoms with Crippen LogP contribution in [0.5, 0.6) is 0 Å². The van der Waals surface area contributed by atoms with Crippen molar-refractivity contribution in [2.75, 3.05) is 18.0 Å². The Hall–Kier alpha value is -1.84. The van der Waals surface area contributed by atoms with Gasteiger partial charge in [-0.05, 0) is 11.6 Å². The van der Waals surface area contributed by atoms with Gasteiger partial charge in [0.2, 0.25) is 11.2 Å². The lowest BCUT2D eigenvalue weighted by Gasteiger charge is -2.15. The van der Waals surface area contributed by atoms with E-state index in [0.29, 0.717) is 0 Å². The van der Waals surface area contributed by atoms with E-state index in [2.05, 4.69) is 25.0 Å². The highest BCUT2D eigenvalue weighted by Gasteiger charge is 2.31. The normalized spacial score (nSPS) is 23.0. The van der Waals surface area contributed by atoms with Crippen LogP contribution in [0.2, 0.25) is 5.28 Å². The molecule has 0 amide bonds. The zero-order valence-electron chi connectivity index (χ0n) is 9.63. The van der Waals surface area contributed by atoms with Crippen LogP contribution in [0.4, 0.5) is 5.95 Å². The Bertz CT molecular complexity index is 568. The van der Waals surface area contributed by atoms with E-state index in [1.807, 2.05) is 0 Å². The van der Waals surface area contributed by atoms with Gasteiger partial charge in [0.15, 0.2) is 0 Å². The summed E-state index contributed by atoms with van der Waals surface area (Å²) in [4.78, 5) is 17.5. The fourth-order valence-corrected chi connectivity index (χ4v) is 1.97. The van der Waals surface area contributed by atoms with Gasteiger partial charge in [0.05, 0.1) is 12.2 Å². The highest BCUT2D eigenvalue weighted by molar-refractivity contribution is 6.28. The molecular weight excluding hydrogens is 274 g/mol. The number of β-amino-alcohol motifs (C(OH)–C–C–N with tert-alkyl or cyclic N) is 2. The molecule has 2 atom stereocenters. The smallest absolute Gasteiger partial charge is 0.258 e. The molecule has 0 radical (unpaired) electrons. The van der Waals surface area contributed by atoms with E-state index in [1.165, 1.54) is 17.3 Å². The highest BCUT2D eigenvalue weighted by Crippen LogP contribution is 2.18. The maximum Gasteiger partial charge on any atom is 0.258 e. The molecular formula is C9H10ClN7O2. The van der Waals surface area contributed by atoms with Crippen LogP contribution in [0.15, 0.2) is 12.7 Å². The molecule has 1 fully saturated rings. The Morgan fingerprint density at radius 2 is 1.79 bits per heavy atom. The summed E-state index contributed by atoms with van der Waals surface area (Å²) in [7, 11) is 0. The van der Waals surface area contributed by atoms with E-state index in [9.17, 15) is 10.2 Å². The minimum Gasteiger partial charge on any atom is -0.388 e. The second-order valence-corrected chi connectivity index (χ2v) is 4.42. The van der Waals surface area contributed by atoms with Crippen LogP contribution in [0.3, 0.4) is 0 Å². The monoisotopic (exact) mass is 283 g/mol. The summed E-state index contributed by atoms with van der Waals surface area (Å²) in [5.41, 5.74) is 0. The molecule has 0 bridgehead atoms. The summed E-state index contributed by atoms with van der Waals surface area (Å²) >= 11 is 5.84. The van der Waals surface area contributed by atoms with E-state index in [4.69, 9.17) is 11.6 Å². The predicted octanol–water partition coefficient (Wildman–Crippen LogP) is -1.35. The SMILES string of the molecule is OC1CN(c2nc(Cl)nc(-n3cncn3)n2)CC1O. The molecule has 2 aromatic rings. The lowest BCUT2D eigenvalue weighted by molar-refractivity contribution is 0.0572. The van der Waals surface area contributed by atoms with Gasteiger partial charge >= 0.3 is 0 Å². The summed E-state index contributed by atoms with van der Waals surface area (Å²) < 4.78 is 1.35. The molecule has 9 nitrogen and oxygen atoms in total. The summed E-state index contributed by atoms with van der Waals surface area (Å²) in [6.45, 7) is 0.469. The van der Waals surface area contributed by atoms with Gasteiger partial charge in [-0.15, -0.1) is 0 Å². The van der Waals surface area contributed by atoms with Crippen LogP contribution in [0.25, 0.3) is 5.95 Å². The summed E-state index contributed by atoms with van der Waals surface area (Å²) in [6, 6.07) is 0. The summed E-state index contributed by atoms with van der Waals surface area (Å²) in [6.07, 6.45) is 1.12. The molecule has 3 heterocycles.